The van der Waals surface area contributed by atoms with Crippen molar-refractivity contribution < 1.29 is 47.4 Å². The topological polar surface area (TPSA) is 206 Å². The van der Waals surface area contributed by atoms with E-state index in [-0.39, 0.29) is 12.3 Å². The van der Waals surface area contributed by atoms with Gasteiger partial charge in [0.2, 0.25) is 5.91 Å². The van der Waals surface area contributed by atoms with Crippen LogP contribution < -0.4 is 32.2 Å². The number of fused-ring (bicyclic) bond motifs is 1. The molecule has 1 heterocycles. The van der Waals surface area contributed by atoms with Crippen molar-refractivity contribution in [2.45, 2.75) is 38.6 Å². The van der Waals surface area contributed by atoms with Gasteiger partial charge in [0.25, 0.3) is 0 Å². The predicted molar refractivity (Wildman–Crippen MR) is 216 cm³/mol. The van der Waals surface area contributed by atoms with Gasteiger partial charge in [-0.15, -0.1) is 0 Å². The third-order valence-electron chi connectivity index (χ3n) is 8.20. The minimum Gasteiger partial charge on any atom is -0.491 e. The summed E-state index contributed by atoms with van der Waals surface area (Å²) in [5, 5.41) is 3.45. The van der Waals surface area contributed by atoms with Crippen LogP contribution in [0.4, 0.5) is 5.69 Å². The summed E-state index contributed by atoms with van der Waals surface area (Å²) in [6.07, 6.45) is -0.990. The second kappa shape index (κ2) is 29.3. The molecular weight excluding hydrogens is 748 g/mol. The maximum atomic E-state index is 12.7. The highest BCUT2D eigenvalue weighted by atomic mass is 35.5. The highest BCUT2D eigenvalue weighted by Crippen LogP contribution is 2.34. The second-order valence-electron chi connectivity index (χ2n) is 12.6. The van der Waals surface area contributed by atoms with Gasteiger partial charge in [-0.05, 0) is 44.2 Å². The van der Waals surface area contributed by atoms with Crippen LogP contribution in [0, 0.1) is 0 Å². The Morgan fingerprint density at radius 1 is 0.750 bits per heavy atom. The number of hydrogen-bond donors (Lipinski definition) is 4. The zero-order chi connectivity index (χ0) is 40.2. The van der Waals surface area contributed by atoms with Crippen LogP contribution in [0.25, 0.3) is 0 Å². The van der Waals surface area contributed by atoms with Gasteiger partial charge >= 0.3 is 0 Å². The number of benzodiazepines with no additional fused rings is 1. The number of anilines is 1. The summed E-state index contributed by atoms with van der Waals surface area (Å²) in [7, 11) is 0. The number of ether oxygens (including phenoxy) is 9. The molecule has 0 aromatic heterocycles. The van der Waals surface area contributed by atoms with Crippen molar-refractivity contribution in [2.75, 3.05) is 130 Å². The van der Waals surface area contributed by atoms with E-state index in [0.717, 1.165) is 16.8 Å². The van der Waals surface area contributed by atoms with Crippen LogP contribution in [0.5, 0.6) is 5.75 Å². The first kappa shape index (κ1) is 47.4. The lowest BCUT2D eigenvalue weighted by molar-refractivity contribution is -0.121. The van der Waals surface area contributed by atoms with Gasteiger partial charge in [0, 0.05) is 34.9 Å². The SMILES string of the molecule is CCNC(=O)C[C@@H]1N=C(c2ccc(Cl)cc2)c2cc(OCCOCCOCCOCCOCCOCCOCCOCCOCCN)ccc2N(C(C)N)C1N. The Labute approximate surface area is 336 Å². The number of nitrogens with zero attached hydrogens (tertiary/aromatic N) is 2. The Kier molecular flexibility index (Phi) is 24.8. The third kappa shape index (κ3) is 18.5. The molecule has 0 radical (unpaired) electrons. The zero-order valence-corrected chi connectivity index (χ0v) is 33.8. The van der Waals surface area contributed by atoms with Crippen LogP contribution in [0.2, 0.25) is 5.02 Å². The fourth-order valence-electron chi connectivity index (χ4n) is 5.58. The van der Waals surface area contributed by atoms with Crippen LogP contribution in [-0.2, 0) is 42.7 Å². The lowest BCUT2D eigenvalue weighted by atomic mass is 9.99. The van der Waals surface area contributed by atoms with E-state index in [2.05, 4.69) is 5.32 Å². The molecule has 56 heavy (non-hydrogen) atoms. The van der Waals surface area contributed by atoms with Crippen molar-refractivity contribution in [1.82, 2.24) is 5.32 Å². The fourth-order valence-corrected chi connectivity index (χ4v) is 5.70. The number of hydrogen-bond acceptors (Lipinski definition) is 15. The number of benzene rings is 2. The zero-order valence-electron chi connectivity index (χ0n) is 33.0. The molecule has 2 unspecified atom stereocenters. The molecule has 1 aliphatic heterocycles. The summed E-state index contributed by atoms with van der Waals surface area (Å²) in [6, 6.07) is 12.6. The van der Waals surface area contributed by atoms with Crippen LogP contribution in [0.15, 0.2) is 47.5 Å². The Balaban J connectivity index is 1.28. The van der Waals surface area contributed by atoms with E-state index in [4.69, 9.17) is 76.4 Å². The molecule has 0 saturated heterocycles. The summed E-state index contributed by atoms with van der Waals surface area (Å²) < 4.78 is 50.0. The lowest BCUT2D eigenvalue weighted by Crippen LogP contribution is -2.56. The van der Waals surface area contributed by atoms with E-state index in [1.807, 2.05) is 49.1 Å². The van der Waals surface area contributed by atoms with Gasteiger partial charge in [-0.2, -0.15) is 0 Å². The molecule has 0 fully saturated rings. The molecule has 17 heteroatoms. The summed E-state index contributed by atoms with van der Waals surface area (Å²) in [5.74, 6) is 0.493. The first-order chi connectivity index (χ1) is 27.3. The summed E-state index contributed by atoms with van der Waals surface area (Å²) in [5.41, 5.74) is 21.7. The molecule has 316 valence electrons. The van der Waals surface area contributed by atoms with E-state index in [1.165, 1.54) is 0 Å². The van der Waals surface area contributed by atoms with Gasteiger partial charge in [-0.1, -0.05) is 23.7 Å². The van der Waals surface area contributed by atoms with Gasteiger partial charge in [0.1, 0.15) is 18.5 Å². The first-order valence-corrected chi connectivity index (χ1v) is 19.7. The largest absolute Gasteiger partial charge is 0.491 e. The summed E-state index contributed by atoms with van der Waals surface area (Å²) in [6.45, 7) is 12.8. The molecule has 16 nitrogen and oxygen atoms in total. The van der Waals surface area contributed by atoms with Crippen molar-refractivity contribution in [1.29, 1.82) is 0 Å². The van der Waals surface area contributed by atoms with Crippen LogP contribution in [-0.4, -0.2) is 155 Å². The number of nitrogens with two attached hydrogens (primary N) is 3. The Morgan fingerprint density at radius 3 is 1.66 bits per heavy atom. The average Bonchev–Trinajstić information content (AvgIpc) is 3.30. The lowest BCUT2D eigenvalue weighted by Gasteiger charge is -2.36. The van der Waals surface area contributed by atoms with Gasteiger partial charge in [-0.25, -0.2) is 0 Å². The normalized spacial score (nSPS) is 16.0. The standard InChI is InChI=1S/C39H63ClN6O10/c1-3-44-37(47)29-35-39(43)46(30(2)42)36-9-8-33(28-34(36)38(45-35)31-4-6-32(40)7-5-31)56-27-26-55-25-24-54-23-22-53-21-20-52-19-18-51-17-16-50-15-14-49-13-12-48-11-10-41/h4-9,28,30,35,39H,3,10-27,29,41-43H2,1-2H3,(H,44,47)/t30?,35-,39?/m0/s1. The number of carbonyl (C=O) groups is 1. The summed E-state index contributed by atoms with van der Waals surface area (Å²) in [4.78, 5) is 19.6. The van der Waals surface area contributed by atoms with Gasteiger partial charge in [0.15, 0.2) is 0 Å². The molecule has 1 aliphatic rings. The number of carbonyl (C=O) groups excluding carboxylic acids is 1. The Bertz CT molecular complexity index is 1380. The van der Waals surface area contributed by atoms with Crippen molar-refractivity contribution in [3.8, 4) is 5.75 Å². The highest BCUT2D eigenvalue weighted by molar-refractivity contribution is 6.30. The van der Waals surface area contributed by atoms with E-state index < -0.39 is 18.4 Å². The van der Waals surface area contributed by atoms with E-state index in [1.54, 1.807) is 12.1 Å². The number of nitrogens with one attached hydrogen (secondary N) is 1. The predicted octanol–water partition coefficient (Wildman–Crippen LogP) is 1.95. The number of halogens is 1. The number of aliphatic imine (C=N–C) groups is 1. The Morgan fingerprint density at radius 2 is 1.21 bits per heavy atom. The number of rotatable bonds is 32. The van der Waals surface area contributed by atoms with E-state index >= 15 is 0 Å². The van der Waals surface area contributed by atoms with Crippen molar-refractivity contribution in [3.63, 3.8) is 0 Å². The molecule has 0 spiro atoms. The maximum Gasteiger partial charge on any atom is 0.222 e. The van der Waals surface area contributed by atoms with Crippen LogP contribution in [0.1, 0.15) is 31.4 Å². The molecular formula is C39H63ClN6O10. The van der Waals surface area contributed by atoms with E-state index in [0.29, 0.717) is 142 Å². The van der Waals surface area contributed by atoms with Gasteiger partial charge in [0.05, 0.1) is 130 Å². The number of amides is 1. The minimum absolute atomic E-state index is 0.108. The quantitative estimate of drug-likeness (QED) is 0.0781. The third-order valence-corrected chi connectivity index (χ3v) is 8.45. The molecule has 3 rings (SSSR count). The molecule has 2 aromatic rings. The fraction of sp³-hybridized carbons (Fsp3) is 0.641. The molecule has 0 bridgehead atoms. The molecule has 0 aliphatic carbocycles. The molecule has 0 saturated carbocycles. The van der Waals surface area contributed by atoms with Crippen LogP contribution in [0.3, 0.4) is 0 Å². The molecule has 2 aromatic carbocycles. The minimum atomic E-state index is -0.645. The average molecular weight is 811 g/mol. The molecule has 1 amide bonds. The van der Waals surface area contributed by atoms with Crippen molar-refractivity contribution in [2.24, 2.45) is 22.2 Å². The monoisotopic (exact) mass is 810 g/mol. The Hall–Kier alpha value is -2.97. The molecule has 7 N–H and O–H groups in total. The van der Waals surface area contributed by atoms with Gasteiger partial charge in [-0.3, -0.25) is 9.79 Å². The van der Waals surface area contributed by atoms with Crippen molar-refractivity contribution in [3.05, 3.63) is 58.6 Å². The first-order valence-electron chi connectivity index (χ1n) is 19.3. The van der Waals surface area contributed by atoms with Gasteiger partial charge < -0.3 is 70.0 Å². The molecule has 3 atom stereocenters. The summed E-state index contributed by atoms with van der Waals surface area (Å²) >= 11 is 6.21. The smallest absolute Gasteiger partial charge is 0.222 e. The van der Waals surface area contributed by atoms with Crippen molar-refractivity contribution >= 4 is 28.9 Å². The van der Waals surface area contributed by atoms with E-state index in [9.17, 15) is 4.79 Å². The highest BCUT2D eigenvalue weighted by Gasteiger charge is 2.34. The van der Waals surface area contributed by atoms with Crippen LogP contribution >= 0.6 is 11.6 Å². The maximum absolute atomic E-state index is 12.7. The second-order valence-corrected chi connectivity index (χ2v) is 13.0.